The summed E-state index contributed by atoms with van der Waals surface area (Å²) in [5.41, 5.74) is -2.33. The Labute approximate surface area is 235 Å². The largest absolute Gasteiger partial charge is 0.494 e. The predicted octanol–water partition coefficient (Wildman–Crippen LogP) is 5.41. The van der Waals surface area contributed by atoms with E-state index in [-0.39, 0.29) is 29.7 Å². The number of anilines is 1. The van der Waals surface area contributed by atoms with E-state index < -0.39 is 30.0 Å². The Hall–Kier alpha value is -2.50. The minimum absolute atomic E-state index is 0.103. The lowest BCUT2D eigenvalue weighted by atomic mass is 9.78. The van der Waals surface area contributed by atoms with Crippen LogP contribution in [0.25, 0.3) is 10.1 Å². The molecule has 2 aromatic heterocycles. The fourth-order valence-electron chi connectivity index (χ4n) is 8.10. The number of piperazine rings is 1. The highest BCUT2D eigenvalue weighted by molar-refractivity contribution is 7.13. The average Bonchev–Trinajstić information content (AvgIpc) is 3.68. The van der Waals surface area contributed by atoms with Crippen LogP contribution < -0.4 is 4.90 Å². The third-order valence-corrected chi connectivity index (χ3v) is 11.0. The van der Waals surface area contributed by atoms with Gasteiger partial charge >= 0.3 is 6.18 Å². The standard InChI is InChI=1S/C29H35F3N4O3S/c30-29(31,32)28(39)14-19-13-21(28)24-23(19)26(37)36(27(24)38)16-18-6-2-1-5-17(18)15-34-9-11-35(12-10-34)25-20-7-3-4-8-22(20)40-33-25/h3-4,7-8,17-19,21,37-39H,1-2,5-6,9-16H2/t17-,18-,19-,21-,28-/m0/s1. The Kier molecular flexibility index (Phi) is 6.29. The number of aliphatic hydroxyl groups is 1. The molecule has 7 nitrogen and oxygen atoms in total. The van der Waals surface area contributed by atoms with Crippen LogP contribution in [0.2, 0.25) is 0 Å². The number of alkyl halides is 3. The summed E-state index contributed by atoms with van der Waals surface area (Å²) in [4.78, 5) is 4.86. The lowest BCUT2D eigenvalue weighted by Crippen LogP contribution is -2.49. The minimum atomic E-state index is -4.78. The van der Waals surface area contributed by atoms with Crippen molar-refractivity contribution in [1.82, 2.24) is 13.8 Å². The number of aromatic hydroxyl groups is 2. The molecular weight excluding hydrogens is 541 g/mol. The van der Waals surface area contributed by atoms with Crippen LogP contribution in [-0.2, 0) is 6.54 Å². The predicted molar refractivity (Wildman–Crippen MR) is 147 cm³/mol. The third kappa shape index (κ3) is 4.02. The van der Waals surface area contributed by atoms with Crippen molar-refractivity contribution in [2.24, 2.45) is 11.8 Å². The molecule has 3 fully saturated rings. The Balaban J connectivity index is 1.04. The van der Waals surface area contributed by atoms with E-state index in [1.165, 1.54) is 26.2 Å². The number of halogens is 3. The Morgan fingerprint density at radius 3 is 2.35 bits per heavy atom. The summed E-state index contributed by atoms with van der Waals surface area (Å²) in [6, 6.07) is 8.32. The summed E-state index contributed by atoms with van der Waals surface area (Å²) in [6.07, 6.45) is -0.918. The molecule has 0 spiro atoms. The van der Waals surface area contributed by atoms with Crippen molar-refractivity contribution < 1.29 is 28.5 Å². The second-order valence-corrected chi connectivity index (χ2v) is 13.1. The van der Waals surface area contributed by atoms with Gasteiger partial charge in [0.1, 0.15) is 5.82 Å². The van der Waals surface area contributed by atoms with Crippen LogP contribution in [-0.4, -0.2) is 73.7 Å². The molecule has 11 heteroatoms. The smallest absolute Gasteiger partial charge is 0.417 e. The first-order valence-electron chi connectivity index (χ1n) is 14.4. The molecule has 3 N–H and O–H groups in total. The van der Waals surface area contributed by atoms with Crippen LogP contribution in [0.15, 0.2) is 24.3 Å². The molecule has 0 amide bonds. The third-order valence-electron chi connectivity index (χ3n) is 10.2. The van der Waals surface area contributed by atoms with Crippen LogP contribution in [0.1, 0.15) is 61.5 Å². The summed E-state index contributed by atoms with van der Waals surface area (Å²) in [6.45, 7) is 4.98. The summed E-state index contributed by atoms with van der Waals surface area (Å²) >= 11 is 1.54. The molecule has 0 radical (unpaired) electrons. The number of nitrogens with zero attached hydrogens (tertiary/aromatic N) is 4. The van der Waals surface area contributed by atoms with Gasteiger partial charge in [-0.1, -0.05) is 25.0 Å². The van der Waals surface area contributed by atoms with Crippen LogP contribution in [0.5, 0.6) is 11.8 Å². The Morgan fingerprint density at radius 1 is 0.950 bits per heavy atom. The normalized spacial score (nSPS) is 30.9. The quantitative estimate of drug-likeness (QED) is 0.377. The molecule has 1 aromatic carbocycles. The number of rotatable bonds is 5. The highest BCUT2D eigenvalue weighted by Crippen LogP contribution is 2.67. The van der Waals surface area contributed by atoms with Crippen molar-refractivity contribution in [3.63, 3.8) is 0 Å². The lowest BCUT2D eigenvalue weighted by Gasteiger charge is -2.40. The highest BCUT2D eigenvalue weighted by Gasteiger charge is 2.68. The van der Waals surface area contributed by atoms with Gasteiger partial charge < -0.3 is 20.2 Å². The second-order valence-electron chi connectivity index (χ2n) is 12.3. The van der Waals surface area contributed by atoms with Gasteiger partial charge in [0.15, 0.2) is 17.4 Å². The number of hydrogen-bond acceptors (Lipinski definition) is 7. The van der Waals surface area contributed by atoms with Gasteiger partial charge in [-0.3, -0.25) is 9.47 Å². The summed E-state index contributed by atoms with van der Waals surface area (Å²) < 4.78 is 48.6. The molecule has 7 rings (SSSR count). The topological polar surface area (TPSA) is 85.0 Å². The maximum atomic E-state index is 13.7. The second kappa shape index (κ2) is 9.52. The Morgan fingerprint density at radius 2 is 1.62 bits per heavy atom. The van der Waals surface area contributed by atoms with Crippen molar-refractivity contribution >= 4 is 27.4 Å². The first-order chi connectivity index (χ1) is 19.2. The molecule has 2 bridgehead atoms. The molecule has 2 saturated carbocycles. The van der Waals surface area contributed by atoms with Gasteiger partial charge in [-0.15, -0.1) is 0 Å². The molecule has 1 aliphatic heterocycles. The number of benzene rings is 1. The van der Waals surface area contributed by atoms with Gasteiger partial charge in [0.05, 0.1) is 4.70 Å². The van der Waals surface area contributed by atoms with E-state index in [1.807, 2.05) is 6.07 Å². The summed E-state index contributed by atoms with van der Waals surface area (Å²) in [5.74, 6) is -0.583. The number of fused-ring (bicyclic) bond motifs is 6. The van der Waals surface area contributed by atoms with E-state index in [2.05, 4.69) is 28.0 Å². The molecule has 5 atom stereocenters. The van der Waals surface area contributed by atoms with Gasteiger partial charge in [-0.25, -0.2) is 0 Å². The van der Waals surface area contributed by atoms with Crippen LogP contribution >= 0.6 is 11.5 Å². The van der Waals surface area contributed by atoms with Gasteiger partial charge in [0, 0.05) is 61.7 Å². The zero-order valence-corrected chi connectivity index (χ0v) is 23.1. The maximum Gasteiger partial charge on any atom is 0.417 e. The molecule has 3 aliphatic carbocycles. The van der Waals surface area contributed by atoms with E-state index in [4.69, 9.17) is 4.37 Å². The molecule has 3 heterocycles. The van der Waals surface area contributed by atoms with Crippen molar-refractivity contribution in [1.29, 1.82) is 0 Å². The van der Waals surface area contributed by atoms with Crippen LogP contribution in [0.4, 0.5) is 19.0 Å². The first-order valence-corrected chi connectivity index (χ1v) is 15.2. The van der Waals surface area contributed by atoms with Gasteiger partial charge in [0.25, 0.3) is 0 Å². The van der Waals surface area contributed by atoms with E-state index in [9.17, 15) is 28.5 Å². The van der Waals surface area contributed by atoms with E-state index in [0.29, 0.717) is 18.0 Å². The minimum Gasteiger partial charge on any atom is -0.494 e. The summed E-state index contributed by atoms with van der Waals surface area (Å²) in [7, 11) is 0. The summed E-state index contributed by atoms with van der Waals surface area (Å²) in [5, 5.41) is 33.9. The fourth-order valence-corrected chi connectivity index (χ4v) is 8.89. The average molecular weight is 577 g/mol. The van der Waals surface area contributed by atoms with E-state index in [1.54, 1.807) is 0 Å². The molecule has 3 aromatic rings. The van der Waals surface area contributed by atoms with Gasteiger partial charge in [-0.05, 0) is 67.1 Å². The lowest BCUT2D eigenvalue weighted by molar-refractivity contribution is -0.264. The zero-order chi connectivity index (χ0) is 27.8. The molecule has 40 heavy (non-hydrogen) atoms. The number of hydrogen-bond donors (Lipinski definition) is 3. The van der Waals surface area contributed by atoms with E-state index in [0.717, 1.165) is 64.2 Å². The van der Waals surface area contributed by atoms with Crippen LogP contribution in [0.3, 0.4) is 0 Å². The SMILES string of the molecule is Oc1c2c(c(O)n1C[C@@H]1CCCC[C@H]1CN1CCN(c3nsc4ccccc34)CC1)[C@@H]1C[C@H]2C[C@@]1(O)C(F)(F)F. The number of aromatic nitrogens is 2. The fraction of sp³-hybridized carbons (Fsp3) is 0.621. The van der Waals surface area contributed by atoms with E-state index >= 15 is 0 Å². The maximum absolute atomic E-state index is 13.7. The zero-order valence-electron chi connectivity index (χ0n) is 22.3. The van der Waals surface area contributed by atoms with Gasteiger partial charge in [-0.2, -0.15) is 17.5 Å². The Bertz CT molecular complexity index is 1420. The van der Waals surface area contributed by atoms with Gasteiger partial charge in [0.2, 0.25) is 0 Å². The van der Waals surface area contributed by atoms with Crippen molar-refractivity contribution in [3.05, 3.63) is 35.4 Å². The monoisotopic (exact) mass is 576 g/mol. The van der Waals surface area contributed by atoms with Crippen molar-refractivity contribution in [2.75, 3.05) is 37.6 Å². The molecule has 0 unspecified atom stereocenters. The van der Waals surface area contributed by atoms with Crippen LogP contribution in [0, 0.1) is 11.8 Å². The molecule has 216 valence electrons. The van der Waals surface area contributed by atoms with Crippen molar-refractivity contribution in [3.8, 4) is 11.8 Å². The first kappa shape index (κ1) is 26.4. The molecule has 1 saturated heterocycles. The van der Waals surface area contributed by atoms with Crippen molar-refractivity contribution in [2.45, 2.75) is 68.7 Å². The molecular formula is C29H35F3N4O3S. The highest BCUT2D eigenvalue weighted by atomic mass is 32.1. The molecule has 4 aliphatic rings.